The average molecular weight is 1950 g/mol. The lowest BCUT2D eigenvalue weighted by Crippen LogP contribution is -2.23. The standard InChI is InChI=1S/3C17H17ClO2.C17H18FNO.3C17H17FO2/c18-16-9-5-4-8-14(16)15(12-19)17(20)11-10-13-6-2-1-3-7-13;18-15-8-4-7-14(11-15)16(12-19)17(20)10-9-13-5-2-1-3-6-13;18-15-9-7-14(8-10-15)16(12-19)17(20)11-6-13-4-2-1-3-5-13;2*18-16-9-5-4-8-14(16)15(12-19)17(20)11-10-13-6-2-1-3-7-13;18-15-8-4-7-14(11-15)16(12-19)17(20)10-9-13-5-2-1-3-6-13;18-15-9-7-14(8-10-15)16(12-19)17(20)11-6-13-4-2-1-3-5-13/h1-9,15,19H,10-12H2;1-8,11,16,19H,9-10,12H2;1-5,7-10,16,19H,6,11-12H2;1-9,15H,10-12,19H2;1-9,15,19H,10-12H2;1-8,11,16,19H,9-10,12H2;1-5,7-10,16,19H,6,11-12H2/t15-;2*16-;15-;;;/m0101.../s1. The fraction of sp³-hybridized carbons (Fsp3) is 0.235. The van der Waals surface area contributed by atoms with Crippen molar-refractivity contribution in [1.82, 2.24) is 0 Å². The summed E-state index contributed by atoms with van der Waals surface area (Å²) in [6.45, 7) is -1.35. The van der Waals surface area contributed by atoms with E-state index in [1.165, 1.54) is 36.4 Å². The first kappa shape index (κ1) is 112. The van der Waals surface area contributed by atoms with E-state index < -0.39 is 53.1 Å². The van der Waals surface area contributed by atoms with Gasteiger partial charge in [0.25, 0.3) is 0 Å². The van der Waals surface area contributed by atoms with Crippen molar-refractivity contribution in [2.45, 2.75) is 131 Å². The highest BCUT2D eigenvalue weighted by Crippen LogP contribution is 2.31. The van der Waals surface area contributed by atoms with Crippen molar-refractivity contribution in [2.24, 2.45) is 5.73 Å². The predicted octanol–water partition coefficient (Wildman–Crippen LogP) is 23.2. The van der Waals surface area contributed by atoms with Crippen LogP contribution in [0, 0.1) is 23.3 Å². The number of hydrogen-bond donors (Lipinski definition) is 7. The second-order valence-corrected chi connectivity index (χ2v) is 34.4. The van der Waals surface area contributed by atoms with E-state index in [2.05, 4.69) is 0 Å². The predicted molar refractivity (Wildman–Crippen MR) is 549 cm³/mol. The molecule has 14 aromatic rings. The largest absolute Gasteiger partial charge is 0.395 e. The molecule has 0 saturated heterocycles. The van der Waals surface area contributed by atoms with Crippen LogP contribution in [0.1, 0.15) is 164 Å². The number of ketones is 7. The van der Waals surface area contributed by atoms with Crippen LogP contribution in [0.3, 0.4) is 0 Å². The number of aliphatic hydroxyl groups excluding tert-OH is 6. The van der Waals surface area contributed by atoms with Gasteiger partial charge < -0.3 is 36.4 Å². The summed E-state index contributed by atoms with van der Waals surface area (Å²) in [5.74, 6) is -5.71. The van der Waals surface area contributed by atoms with Crippen LogP contribution in [-0.4, -0.2) is 117 Å². The summed E-state index contributed by atoms with van der Waals surface area (Å²) >= 11 is 17.9. The number of aliphatic hydroxyl groups is 6. The van der Waals surface area contributed by atoms with Crippen molar-refractivity contribution in [3.05, 3.63) is 498 Å². The molecule has 7 atom stereocenters. The zero-order valence-corrected chi connectivity index (χ0v) is 80.3. The summed E-state index contributed by atoms with van der Waals surface area (Å²) < 4.78 is 53.5. The highest BCUT2D eigenvalue weighted by molar-refractivity contribution is 6.32. The van der Waals surface area contributed by atoms with Gasteiger partial charge in [-0.15, -0.1) is 0 Å². The first-order valence-electron chi connectivity index (χ1n) is 46.5. The monoisotopic (exact) mass is 1950 g/mol. The van der Waals surface area contributed by atoms with Gasteiger partial charge in [-0.25, -0.2) is 17.6 Å². The molecule has 0 saturated carbocycles. The van der Waals surface area contributed by atoms with Gasteiger partial charge in [0.2, 0.25) is 0 Å². The van der Waals surface area contributed by atoms with E-state index >= 15 is 0 Å². The maximum atomic E-state index is 13.7. The Morgan fingerprint density at radius 2 is 0.464 bits per heavy atom. The first-order valence-corrected chi connectivity index (χ1v) is 47.7. The van der Waals surface area contributed by atoms with Crippen LogP contribution < -0.4 is 5.73 Å². The van der Waals surface area contributed by atoms with Crippen molar-refractivity contribution >= 4 is 75.3 Å². The fourth-order valence-electron chi connectivity index (χ4n) is 15.5. The minimum Gasteiger partial charge on any atom is -0.395 e. The van der Waals surface area contributed by atoms with Crippen LogP contribution in [0.2, 0.25) is 15.1 Å². The third kappa shape index (κ3) is 39.4. The lowest BCUT2D eigenvalue weighted by atomic mass is 9.91. The smallest absolute Gasteiger partial charge is 0.143 e. The van der Waals surface area contributed by atoms with Crippen LogP contribution in [-0.2, 0) is 78.5 Å². The molecule has 14 nitrogen and oxygen atoms in total. The third-order valence-electron chi connectivity index (χ3n) is 23.5. The van der Waals surface area contributed by atoms with E-state index in [-0.39, 0.29) is 104 Å². The number of rotatable bonds is 42. The van der Waals surface area contributed by atoms with Gasteiger partial charge >= 0.3 is 0 Å². The second-order valence-electron chi connectivity index (χ2n) is 33.1. The van der Waals surface area contributed by atoms with Crippen molar-refractivity contribution in [3.8, 4) is 0 Å². The van der Waals surface area contributed by atoms with Gasteiger partial charge in [-0.2, -0.15) is 0 Å². The van der Waals surface area contributed by atoms with Crippen LogP contribution in [0.25, 0.3) is 0 Å². The molecule has 21 heteroatoms. The molecule has 0 radical (unpaired) electrons. The molecular formula is C119H120Cl3F4NO13. The Hall–Kier alpha value is -12.9. The zero-order valence-electron chi connectivity index (χ0n) is 78.0. The number of benzene rings is 14. The molecule has 8 N–H and O–H groups in total. The molecule has 0 aliphatic carbocycles. The van der Waals surface area contributed by atoms with Crippen LogP contribution in [0.4, 0.5) is 17.6 Å². The fourth-order valence-corrected chi connectivity index (χ4v) is 16.1. The highest BCUT2D eigenvalue weighted by Gasteiger charge is 2.28. The average Bonchev–Trinajstić information content (AvgIpc) is 0.851. The van der Waals surface area contributed by atoms with Crippen molar-refractivity contribution in [1.29, 1.82) is 0 Å². The Kier molecular flexibility index (Phi) is 51.1. The Morgan fingerprint density at radius 3 is 0.750 bits per heavy atom. The number of nitrogens with two attached hydrogens (primary N) is 1. The SMILES string of the molecule is NC[C@@H](C(=O)CCc1ccccc1)c1ccccc1F.O=C(CCc1ccccc1)C(CO)c1ccc(F)cc1.O=C(CCc1ccccc1)C(CO)c1cccc(F)c1.O=C(CCc1ccccc1)C(CO)c1ccccc1F.O=C(CCc1ccccc1)[C@@H](CO)c1ccc(Cl)cc1.O=C(CCc1ccccc1)[C@@H](CO)c1ccccc1Cl.O=C(CCc1ccccc1)[C@H](CO)c1cccc(Cl)c1. The maximum Gasteiger partial charge on any atom is 0.143 e. The molecule has 3 unspecified atom stereocenters. The van der Waals surface area contributed by atoms with Crippen molar-refractivity contribution < 1.29 is 81.8 Å². The normalized spacial score (nSPS) is 12.1. The summed E-state index contributed by atoms with van der Waals surface area (Å²) in [6.07, 6.45) is 7.24. The van der Waals surface area contributed by atoms with E-state index in [0.717, 1.165) is 50.1 Å². The van der Waals surface area contributed by atoms with Crippen LogP contribution >= 0.6 is 34.8 Å². The zero-order chi connectivity index (χ0) is 101. The van der Waals surface area contributed by atoms with Gasteiger partial charge in [-0.1, -0.05) is 350 Å². The lowest BCUT2D eigenvalue weighted by molar-refractivity contribution is -0.122. The van der Waals surface area contributed by atoms with E-state index in [1.54, 1.807) is 115 Å². The molecule has 0 aromatic heterocycles. The van der Waals surface area contributed by atoms with Gasteiger partial charge in [-0.3, -0.25) is 33.6 Å². The minimum absolute atomic E-state index is 0.0125. The summed E-state index contributed by atoms with van der Waals surface area (Å²) in [5.41, 5.74) is 17.5. The molecule has 0 aliphatic rings. The second kappa shape index (κ2) is 63.6. The molecule has 140 heavy (non-hydrogen) atoms. The van der Waals surface area contributed by atoms with E-state index in [4.69, 9.17) is 40.5 Å². The molecule has 14 rings (SSSR count). The first-order chi connectivity index (χ1) is 68.0. The molecule has 0 bridgehead atoms. The highest BCUT2D eigenvalue weighted by atomic mass is 35.5. The number of halogens is 7. The van der Waals surface area contributed by atoms with Gasteiger partial charge in [0.05, 0.1) is 81.1 Å². The van der Waals surface area contributed by atoms with Crippen LogP contribution in [0.15, 0.2) is 382 Å². The number of aryl methyl sites for hydroxylation is 7. The Balaban J connectivity index is 0.000000200. The molecule has 0 fully saturated rings. The van der Waals surface area contributed by atoms with Crippen LogP contribution in [0.5, 0.6) is 0 Å². The van der Waals surface area contributed by atoms with Gasteiger partial charge in [0.15, 0.2) is 0 Å². The Labute approximate surface area is 833 Å². The van der Waals surface area contributed by atoms with Crippen molar-refractivity contribution in [2.75, 3.05) is 46.2 Å². The summed E-state index contributed by atoms with van der Waals surface area (Å²) in [5, 5.41) is 58.3. The lowest BCUT2D eigenvalue weighted by Gasteiger charge is -2.15. The molecule has 0 heterocycles. The maximum absolute atomic E-state index is 13.7. The van der Waals surface area contributed by atoms with E-state index in [9.17, 15) is 81.8 Å². The van der Waals surface area contributed by atoms with Crippen molar-refractivity contribution in [3.63, 3.8) is 0 Å². The molecule has 0 aliphatic heterocycles. The Bertz CT molecular complexity index is 5540. The number of carbonyl (C=O) groups is 7. The number of hydrogen-bond acceptors (Lipinski definition) is 14. The molecule has 0 spiro atoms. The van der Waals surface area contributed by atoms with E-state index in [0.29, 0.717) is 127 Å². The minimum atomic E-state index is -0.778. The van der Waals surface area contributed by atoms with E-state index in [1.807, 2.05) is 231 Å². The summed E-state index contributed by atoms with van der Waals surface area (Å²) in [4.78, 5) is 85.6. The Morgan fingerprint density at radius 1 is 0.221 bits per heavy atom. The molecule has 0 amide bonds. The summed E-state index contributed by atoms with van der Waals surface area (Å²) in [6, 6.07) is 114. The van der Waals surface area contributed by atoms with Gasteiger partial charge in [0, 0.05) is 72.1 Å². The quantitative estimate of drug-likeness (QED) is 0.0176. The molecular weight excluding hydrogens is 1830 g/mol. The topological polar surface area (TPSA) is 267 Å². The summed E-state index contributed by atoms with van der Waals surface area (Å²) in [7, 11) is 0. The number of carbonyl (C=O) groups excluding carboxylic acids is 7. The van der Waals surface area contributed by atoms with Gasteiger partial charge in [-0.05, 0) is 184 Å². The number of Topliss-reactive ketones (excluding diaryl/α,β-unsaturated/α-hetero) is 7. The molecule has 14 aromatic carbocycles. The third-order valence-corrected chi connectivity index (χ3v) is 24.3. The molecule has 728 valence electrons. The van der Waals surface area contributed by atoms with Gasteiger partial charge in [0.1, 0.15) is 63.8 Å².